The lowest BCUT2D eigenvalue weighted by Crippen LogP contribution is -2.37. The molecule has 9 nitrogen and oxygen atoms in total. The van der Waals surface area contributed by atoms with Crippen LogP contribution in [0.5, 0.6) is 0 Å². The van der Waals surface area contributed by atoms with Crippen LogP contribution in [0.4, 0.5) is 0 Å². The third-order valence-electron chi connectivity index (χ3n) is 3.65. The van der Waals surface area contributed by atoms with Crippen LogP contribution in [-0.4, -0.2) is 70.7 Å². The maximum atomic E-state index is 11.7. The molecule has 11 heteroatoms. The summed E-state index contributed by atoms with van der Waals surface area (Å²) in [7, 11) is 0.993. The van der Waals surface area contributed by atoms with E-state index in [1.807, 2.05) is 0 Å². The van der Waals surface area contributed by atoms with Crippen LogP contribution in [0, 0.1) is 0 Å². The number of aromatic nitrogens is 4. The fraction of sp³-hybridized carbons (Fsp3) is 0.500. The van der Waals surface area contributed by atoms with Gasteiger partial charge in [0.1, 0.15) is 44.7 Å². The van der Waals surface area contributed by atoms with Gasteiger partial charge in [-0.05, 0) is 0 Å². The van der Waals surface area contributed by atoms with Crippen LogP contribution in [0.3, 0.4) is 0 Å². The highest BCUT2D eigenvalue weighted by molar-refractivity contribution is 5.99. The summed E-state index contributed by atoms with van der Waals surface area (Å²) < 4.78 is 18.4. The Morgan fingerprint density at radius 2 is 2.19 bits per heavy atom. The summed E-state index contributed by atoms with van der Waals surface area (Å²) in [5.74, 6) is 0. The lowest BCUT2D eigenvalue weighted by molar-refractivity contribution is -0.0520. The zero-order chi connectivity index (χ0) is 15.0. The molecular formula is C10H16N4O5Si2. The molecule has 2 aromatic heterocycles. The molecule has 0 bridgehead atoms. The number of fused-ring (bicyclic) bond motifs is 1. The molecule has 3 rings (SSSR count). The lowest BCUT2D eigenvalue weighted by Gasteiger charge is -2.22. The van der Waals surface area contributed by atoms with Crippen molar-refractivity contribution in [1.29, 1.82) is 0 Å². The maximum absolute atomic E-state index is 11.7. The van der Waals surface area contributed by atoms with Gasteiger partial charge in [-0.25, -0.2) is 9.67 Å². The van der Waals surface area contributed by atoms with E-state index < -0.39 is 12.3 Å². The molecule has 1 fully saturated rings. The normalized spacial score (nSPS) is 29.6. The van der Waals surface area contributed by atoms with Crippen LogP contribution in [-0.2, 0) is 13.6 Å². The molecule has 21 heavy (non-hydrogen) atoms. The quantitative estimate of drug-likeness (QED) is 0.557. The number of hydrogen-bond donors (Lipinski definition) is 2. The van der Waals surface area contributed by atoms with E-state index >= 15 is 0 Å². The number of hydrogen-bond acceptors (Lipinski definition) is 7. The van der Waals surface area contributed by atoms with Crippen molar-refractivity contribution in [2.24, 2.45) is 0 Å². The number of aliphatic hydroxyl groups is 1. The number of ether oxygens (including phenoxy) is 1. The summed E-state index contributed by atoms with van der Waals surface area (Å²) in [6, 6.07) is 0. The third kappa shape index (κ3) is 2.27. The van der Waals surface area contributed by atoms with Crippen molar-refractivity contribution in [2.45, 2.75) is 24.5 Å². The lowest BCUT2D eigenvalue weighted by atomic mass is 10.1. The molecular weight excluding hydrogens is 312 g/mol. The van der Waals surface area contributed by atoms with E-state index in [0.717, 1.165) is 0 Å². The average molecular weight is 328 g/mol. The molecule has 0 aliphatic carbocycles. The largest absolute Gasteiger partial charge is 0.420 e. The number of H-pyrrole nitrogens is 1. The van der Waals surface area contributed by atoms with Gasteiger partial charge >= 0.3 is 0 Å². The van der Waals surface area contributed by atoms with Gasteiger partial charge in [0.05, 0.1) is 19.1 Å². The van der Waals surface area contributed by atoms with Gasteiger partial charge in [-0.2, -0.15) is 5.10 Å². The van der Waals surface area contributed by atoms with Gasteiger partial charge in [-0.3, -0.25) is 4.79 Å². The van der Waals surface area contributed by atoms with Crippen molar-refractivity contribution >= 4 is 32.0 Å². The van der Waals surface area contributed by atoms with Crippen molar-refractivity contribution in [1.82, 2.24) is 19.7 Å². The maximum Gasteiger partial charge on any atom is 0.261 e. The van der Waals surface area contributed by atoms with Gasteiger partial charge in [0.2, 0.25) is 0 Å². The van der Waals surface area contributed by atoms with Crippen molar-refractivity contribution in [3.63, 3.8) is 0 Å². The number of nitrogens with zero attached hydrogens (tertiary/aromatic N) is 3. The topological polar surface area (TPSA) is 111 Å². The fourth-order valence-corrected chi connectivity index (χ4v) is 3.72. The van der Waals surface area contributed by atoms with Gasteiger partial charge < -0.3 is 23.7 Å². The van der Waals surface area contributed by atoms with Crippen LogP contribution >= 0.6 is 0 Å². The van der Waals surface area contributed by atoms with Crippen molar-refractivity contribution in [3.05, 3.63) is 22.9 Å². The molecule has 0 unspecified atom stereocenters. The highest BCUT2D eigenvalue weighted by Crippen LogP contribution is 2.33. The second-order valence-corrected chi connectivity index (χ2v) is 5.65. The van der Waals surface area contributed by atoms with Crippen molar-refractivity contribution in [3.8, 4) is 0 Å². The molecule has 0 aromatic carbocycles. The molecule has 0 saturated carbocycles. The standard InChI is InChI=1S/C10H16N4O5Si2/c15-2-5-6(18-20)7(19-21)10(17-5)14-8-4(1-13-14)9(16)12-3-11-8/h1,3,5-7,10,15H,2H2,20-21H3,(H,11,12,16)/t5-,6-,7-,10-/m1/s1. The molecule has 1 saturated heterocycles. The molecule has 0 amide bonds. The van der Waals surface area contributed by atoms with E-state index in [-0.39, 0.29) is 24.4 Å². The Kier molecular flexibility index (Phi) is 4.01. The number of aromatic amines is 1. The predicted molar refractivity (Wildman–Crippen MR) is 78.8 cm³/mol. The number of aliphatic hydroxyl groups excluding tert-OH is 1. The summed E-state index contributed by atoms with van der Waals surface area (Å²) in [6.07, 6.45) is 0.981. The van der Waals surface area contributed by atoms with Gasteiger partial charge in [-0.1, -0.05) is 0 Å². The predicted octanol–water partition coefficient (Wildman–Crippen LogP) is -3.66. The first kappa shape index (κ1) is 14.6. The SMILES string of the molecule is O=c1[nH]cnc2c1cnn2[C@@H]1O[C@H](CO)[C@@H](O[SiH3])[C@H]1O[SiH3]. The zero-order valence-corrected chi connectivity index (χ0v) is 15.6. The molecule has 2 aromatic rings. The highest BCUT2D eigenvalue weighted by atomic mass is 28.2. The Hall–Kier alpha value is -1.38. The van der Waals surface area contributed by atoms with Crippen LogP contribution in [0.2, 0.25) is 0 Å². The number of rotatable bonds is 4. The second kappa shape index (κ2) is 5.78. The van der Waals surface area contributed by atoms with Gasteiger partial charge in [0, 0.05) is 0 Å². The van der Waals surface area contributed by atoms with Crippen LogP contribution < -0.4 is 5.56 Å². The minimum atomic E-state index is -0.578. The van der Waals surface area contributed by atoms with E-state index in [1.165, 1.54) is 17.2 Å². The first-order valence-corrected chi connectivity index (χ1v) is 8.07. The summed E-state index contributed by atoms with van der Waals surface area (Å²) in [5.41, 5.74) is 0.153. The molecule has 0 radical (unpaired) electrons. The summed E-state index contributed by atoms with van der Waals surface area (Å²) in [5, 5.41) is 14.0. The zero-order valence-electron chi connectivity index (χ0n) is 11.6. The molecule has 1 aliphatic rings. The molecule has 2 N–H and O–H groups in total. The third-order valence-corrected chi connectivity index (χ3v) is 4.74. The van der Waals surface area contributed by atoms with Gasteiger partial charge in [-0.15, -0.1) is 0 Å². The Morgan fingerprint density at radius 3 is 2.86 bits per heavy atom. The first-order chi connectivity index (χ1) is 10.2. The summed E-state index contributed by atoms with van der Waals surface area (Å²) >= 11 is 0. The Bertz CT molecular complexity index is 691. The Balaban J connectivity index is 2.05. The van der Waals surface area contributed by atoms with E-state index in [0.29, 0.717) is 32.0 Å². The Morgan fingerprint density at radius 1 is 1.43 bits per heavy atom. The van der Waals surface area contributed by atoms with E-state index in [1.54, 1.807) is 0 Å². The number of nitrogens with one attached hydrogen (secondary N) is 1. The summed E-state index contributed by atoms with van der Waals surface area (Å²) in [6.45, 7) is -0.169. The van der Waals surface area contributed by atoms with E-state index in [2.05, 4.69) is 15.1 Å². The minimum Gasteiger partial charge on any atom is -0.420 e. The van der Waals surface area contributed by atoms with Crippen molar-refractivity contribution in [2.75, 3.05) is 6.61 Å². The molecule has 3 heterocycles. The summed E-state index contributed by atoms with van der Waals surface area (Å²) in [4.78, 5) is 18.4. The van der Waals surface area contributed by atoms with Crippen molar-refractivity contribution < 1.29 is 18.7 Å². The molecule has 0 spiro atoms. The van der Waals surface area contributed by atoms with Crippen LogP contribution in [0.15, 0.2) is 17.3 Å². The smallest absolute Gasteiger partial charge is 0.261 e. The van der Waals surface area contributed by atoms with Gasteiger partial charge in [0.25, 0.3) is 5.56 Å². The monoisotopic (exact) mass is 328 g/mol. The average Bonchev–Trinajstić information content (AvgIpc) is 3.07. The van der Waals surface area contributed by atoms with Crippen LogP contribution in [0.25, 0.3) is 11.0 Å². The molecule has 4 atom stereocenters. The van der Waals surface area contributed by atoms with E-state index in [9.17, 15) is 9.90 Å². The van der Waals surface area contributed by atoms with Gasteiger partial charge in [0.15, 0.2) is 11.9 Å². The second-order valence-electron chi connectivity index (χ2n) is 4.71. The highest BCUT2D eigenvalue weighted by Gasteiger charge is 2.46. The van der Waals surface area contributed by atoms with E-state index in [4.69, 9.17) is 13.6 Å². The minimum absolute atomic E-state index is 0.169. The first-order valence-electron chi connectivity index (χ1n) is 6.44. The van der Waals surface area contributed by atoms with Crippen LogP contribution in [0.1, 0.15) is 6.23 Å². The fourth-order valence-electron chi connectivity index (χ4n) is 2.65. The Labute approximate surface area is 125 Å². The molecule has 1 aliphatic heterocycles. The molecule has 114 valence electrons.